The molecule has 1 saturated carbocycles. The van der Waals surface area contributed by atoms with E-state index in [0.717, 1.165) is 5.76 Å². The lowest BCUT2D eigenvalue weighted by atomic mass is 9.76. The van der Waals surface area contributed by atoms with E-state index in [9.17, 15) is 0 Å². The van der Waals surface area contributed by atoms with Crippen LogP contribution in [0.4, 0.5) is 0 Å². The highest BCUT2D eigenvalue weighted by atomic mass is 16.7. The Balaban J connectivity index is 2.19. The van der Waals surface area contributed by atoms with Gasteiger partial charge < -0.3 is 4.84 Å². The minimum absolute atomic E-state index is 0.323. The van der Waals surface area contributed by atoms with Crippen LogP contribution in [0.1, 0.15) is 43.6 Å². The number of hydrogen-bond donors (Lipinski definition) is 0. The lowest BCUT2D eigenvalue weighted by molar-refractivity contribution is -0.0833. The van der Waals surface area contributed by atoms with E-state index in [1.165, 1.54) is 37.7 Å². The van der Waals surface area contributed by atoms with Crippen LogP contribution < -0.4 is 0 Å². The third-order valence-corrected chi connectivity index (χ3v) is 3.93. The van der Waals surface area contributed by atoms with Crippen LogP contribution in [0.15, 0.2) is 42.7 Å². The Morgan fingerprint density at radius 1 is 1.16 bits per heavy atom. The van der Waals surface area contributed by atoms with E-state index in [1.807, 2.05) is 14.1 Å². The van der Waals surface area contributed by atoms with Gasteiger partial charge in [0.1, 0.15) is 5.76 Å². The van der Waals surface area contributed by atoms with Crippen LogP contribution in [0, 0.1) is 5.92 Å². The highest BCUT2D eigenvalue weighted by Crippen LogP contribution is 2.40. The molecule has 0 radical (unpaired) electrons. The Hall–Kier alpha value is -1.28. The third-order valence-electron chi connectivity index (χ3n) is 3.93. The number of benzene rings is 1. The second-order valence-corrected chi connectivity index (χ2v) is 5.66. The van der Waals surface area contributed by atoms with Gasteiger partial charge in [-0.2, -0.15) is 5.06 Å². The molecule has 0 bridgehead atoms. The molecule has 19 heavy (non-hydrogen) atoms. The van der Waals surface area contributed by atoms with E-state index in [2.05, 4.69) is 36.9 Å². The molecule has 0 aromatic heterocycles. The molecule has 1 aromatic carbocycles. The maximum absolute atomic E-state index is 5.76. The van der Waals surface area contributed by atoms with Crippen LogP contribution in [-0.2, 0) is 4.84 Å². The van der Waals surface area contributed by atoms with Crippen LogP contribution in [0.2, 0.25) is 0 Å². The highest BCUT2D eigenvalue weighted by molar-refractivity contribution is 5.26. The smallest absolute Gasteiger partial charge is 0.125 e. The van der Waals surface area contributed by atoms with Gasteiger partial charge in [-0.3, -0.25) is 0 Å². The Morgan fingerprint density at radius 2 is 1.79 bits per heavy atom. The summed E-state index contributed by atoms with van der Waals surface area (Å²) >= 11 is 0. The molecule has 0 heterocycles. The van der Waals surface area contributed by atoms with Crippen molar-refractivity contribution in [1.29, 1.82) is 0 Å². The molecule has 1 fully saturated rings. The van der Waals surface area contributed by atoms with Gasteiger partial charge in [0.2, 0.25) is 0 Å². The van der Waals surface area contributed by atoms with Crippen molar-refractivity contribution in [2.45, 2.75) is 38.0 Å². The van der Waals surface area contributed by atoms with Crippen LogP contribution >= 0.6 is 0 Å². The van der Waals surface area contributed by atoms with Crippen molar-refractivity contribution in [3.63, 3.8) is 0 Å². The van der Waals surface area contributed by atoms with Crippen molar-refractivity contribution in [3.05, 3.63) is 48.2 Å². The van der Waals surface area contributed by atoms with Gasteiger partial charge in [0.25, 0.3) is 0 Å². The number of hydrogen-bond acceptors (Lipinski definition) is 2. The summed E-state index contributed by atoms with van der Waals surface area (Å²) in [6, 6.07) is 10.7. The first kappa shape index (κ1) is 14.1. The number of rotatable bonds is 5. The molecule has 0 amide bonds. The Kier molecular flexibility index (Phi) is 5.03. The van der Waals surface area contributed by atoms with Gasteiger partial charge in [-0.25, -0.2) is 0 Å². The first-order chi connectivity index (χ1) is 9.18. The molecule has 2 heteroatoms. The van der Waals surface area contributed by atoms with Crippen LogP contribution in [0.25, 0.3) is 0 Å². The fraction of sp³-hybridized carbons (Fsp3) is 0.529. The fourth-order valence-electron chi connectivity index (χ4n) is 3.14. The summed E-state index contributed by atoms with van der Waals surface area (Å²) in [6.07, 6.45) is 6.62. The van der Waals surface area contributed by atoms with Crippen molar-refractivity contribution in [3.8, 4) is 0 Å². The van der Waals surface area contributed by atoms with Crippen molar-refractivity contribution in [1.82, 2.24) is 5.06 Å². The zero-order valence-corrected chi connectivity index (χ0v) is 12.1. The lowest BCUT2D eigenvalue weighted by Gasteiger charge is -2.32. The summed E-state index contributed by atoms with van der Waals surface area (Å²) < 4.78 is 0. The summed E-state index contributed by atoms with van der Waals surface area (Å²) in [6.45, 7) is 4.18. The zero-order valence-electron chi connectivity index (χ0n) is 12.1. The van der Waals surface area contributed by atoms with Crippen LogP contribution in [-0.4, -0.2) is 19.2 Å². The minimum atomic E-state index is 0.323. The number of allylic oxidation sites excluding steroid dienone is 1. The van der Waals surface area contributed by atoms with Crippen molar-refractivity contribution < 1.29 is 4.84 Å². The normalized spacial score (nSPS) is 18.3. The largest absolute Gasteiger partial charge is 0.411 e. The van der Waals surface area contributed by atoms with Gasteiger partial charge >= 0.3 is 0 Å². The van der Waals surface area contributed by atoms with Gasteiger partial charge in [-0.1, -0.05) is 56.2 Å². The molecule has 1 aliphatic rings. The molecule has 2 nitrogen and oxygen atoms in total. The van der Waals surface area contributed by atoms with E-state index in [-0.39, 0.29) is 0 Å². The Bertz CT molecular complexity index is 393. The molecule has 1 aromatic rings. The van der Waals surface area contributed by atoms with Crippen molar-refractivity contribution in [2.24, 2.45) is 5.92 Å². The standard InChI is InChI=1S/C17H25NO/c1-14(19-18(2)3)17(15-10-6-4-7-11-15)16-12-8-5-9-13-16/h4,6-7,10-11,16-17H,1,5,8-9,12-13H2,2-3H3. The summed E-state index contributed by atoms with van der Waals surface area (Å²) in [5.41, 5.74) is 1.33. The average molecular weight is 259 g/mol. The molecule has 1 atom stereocenters. The molecule has 0 aliphatic heterocycles. The first-order valence-corrected chi connectivity index (χ1v) is 7.27. The first-order valence-electron chi connectivity index (χ1n) is 7.27. The third kappa shape index (κ3) is 3.84. The quantitative estimate of drug-likeness (QED) is 0.575. The molecular formula is C17H25NO. The van der Waals surface area contributed by atoms with Crippen LogP contribution in [0.3, 0.4) is 0 Å². The second-order valence-electron chi connectivity index (χ2n) is 5.66. The summed E-state index contributed by atoms with van der Waals surface area (Å²) in [5, 5.41) is 1.74. The zero-order chi connectivity index (χ0) is 13.7. The molecule has 0 spiro atoms. The van der Waals surface area contributed by atoms with E-state index >= 15 is 0 Å². The molecule has 104 valence electrons. The number of nitrogens with zero attached hydrogens (tertiary/aromatic N) is 1. The van der Waals surface area contributed by atoms with Crippen molar-refractivity contribution in [2.75, 3.05) is 14.1 Å². The predicted molar refractivity (Wildman–Crippen MR) is 79.7 cm³/mol. The Labute approximate surface area is 117 Å². The number of hydroxylamine groups is 2. The summed E-state index contributed by atoms with van der Waals surface area (Å²) in [7, 11) is 3.82. The molecule has 0 N–H and O–H groups in total. The van der Waals surface area contributed by atoms with Gasteiger partial charge in [0.05, 0.1) is 0 Å². The van der Waals surface area contributed by atoms with Gasteiger partial charge in [0, 0.05) is 20.0 Å². The maximum Gasteiger partial charge on any atom is 0.125 e. The van der Waals surface area contributed by atoms with E-state index in [1.54, 1.807) is 5.06 Å². The lowest BCUT2D eigenvalue weighted by Crippen LogP contribution is -2.22. The van der Waals surface area contributed by atoms with Gasteiger partial charge in [0.15, 0.2) is 0 Å². The molecule has 1 aliphatic carbocycles. The maximum atomic E-state index is 5.76. The van der Waals surface area contributed by atoms with E-state index in [4.69, 9.17) is 4.84 Å². The summed E-state index contributed by atoms with van der Waals surface area (Å²) in [5.74, 6) is 1.87. The van der Waals surface area contributed by atoms with Gasteiger partial charge in [-0.15, -0.1) is 0 Å². The second kappa shape index (κ2) is 6.76. The molecule has 2 rings (SSSR count). The molecule has 1 unspecified atom stereocenters. The van der Waals surface area contributed by atoms with E-state index in [0.29, 0.717) is 11.8 Å². The summed E-state index contributed by atoms with van der Waals surface area (Å²) in [4.78, 5) is 5.76. The van der Waals surface area contributed by atoms with Gasteiger partial charge in [-0.05, 0) is 24.3 Å². The topological polar surface area (TPSA) is 12.5 Å². The minimum Gasteiger partial charge on any atom is -0.411 e. The molecular weight excluding hydrogens is 234 g/mol. The monoisotopic (exact) mass is 259 g/mol. The van der Waals surface area contributed by atoms with E-state index < -0.39 is 0 Å². The SMILES string of the molecule is C=C(ON(C)C)C(c1ccccc1)C1CCCCC1. The predicted octanol–water partition coefficient (Wildman–Crippen LogP) is 4.36. The molecule has 0 saturated heterocycles. The Morgan fingerprint density at radius 3 is 2.37 bits per heavy atom. The highest BCUT2D eigenvalue weighted by Gasteiger charge is 2.28. The average Bonchev–Trinajstić information content (AvgIpc) is 2.40. The fourth-order valence-corrected chi connectivity index (χ4v) is 3.14. The van der Waals surface area contributed by atoms with Crippen molar-refractivity contribution >= 4 is 0 Å². The van der Waals surface area contributed by atoms with Crippen LogP contribution in [0.5, 0.6) is 0 Å².